The number of aromatic hydroxyl groups is 1. The lowest BCUT2D eigenvalue weighted by atomic mass is 9.85. The molecule has 2 heterocycles. The van der Waals surface area contributed by atoms with Crippen LogP contribution in [-0.2, 0) is 18.9 Å². The zero-order valence-electron chi connectivity index (χ0n) is 29.1. The van der Waals surface area contributed by atoms with Crippen LogP contribution in [0.3, 0.4) is 0 Å². The lowest BCUT2D eigenvalue weighted by Gasteiger charge is -2.51. The number of hydrogen-bond acceptors (Lipinski definition) is 10. The number of anilines is 1. The summed E-state index contributed by atoms with van der Waals surface area (Å²) in [5, 5.41) is 8.89. The maximum atomic E-state index is 10.8. The van der Waals surface area contributed by atoms with E-state index in [1.165, 1.54) is 43.1 Å². The van der Waals surface area contributed by atoms with Gasteiger partial charge in [-0.05, 0) is 88.9 Å². The van der Waals surface area contributed by atoms with Gasteiger partial charge in [-0.1, -0.05) is 6.42 Å². The first-order valence-corrected chi connectivity index (χ1v) is 15.7. The molecule has 3 fully saturated rings. The molecule has 5 rings (SSSR count). The number of rotatable bonds is 5. The van der Waals surface area contributed by atoms with Crippen LogP contribution in [-0.4, -0.2) is 114 Å². The van der Waals surface area contributed by atoms with Crippen LogP contribution in [0.25, 0.3) is 0 Å². The van der Waals surface area contributed by atoms with Gasteiger partial charge in [-0.25, -0.2) is 0 Å². The summed E-state index contributed by atoms with van der Waals surface area (Å²) in [6.45, 7) is 11.3. The molecule has 258 valence electrons. The third-order valence-electron chi connectivity index (χ3n) is 7.87. The van der Waals surface area contributed by atoms with Gasteiger partial charge < -0.3 is 29.0 Å². The van der Waals surface area contributed by atoms with E-state index in [0.717, 1.165) is 63.5 Å². The second-order valence-electron chi connectivity index (χ2n) is 12.5. The smallest absolute Gasteiger partial charge is 0.150 e. The van der Waals surface area contributed by atoms with Gasteiger partial charge in [-0.3, -0.25) is 19.3 Å². The van der Waals surface area contributed by atoms with Crippen LogP contribution < -0.4 is 4.90 Å². The number of phenolic OH excluding ortho intramolecular Hbond substituents is 1. The molecule has 0 amide bonds. The van der Waals surface area contributed by atoms with Crippen LogP contribution in [0.5, 0.6) is 5.75 Å². The van der Waals surface area contributed by atoms with Gasteiger partial charge in [-0.15, -0.1) is 0 Å². The van der Waals surface area contributed by atoms with Crippen molar-refractivity contribution in [2.45, 2.75) is 70.1 Å². The summed E-state index contributed by atoms with van der Waals surface area (Å²) < 4.78 is 19.7. The Morgan fingerprint density at radius 3 is 1.80 bits per heavy atom. The van der Waals surface area contributed by atoms with Gasteiger partial charge in [0.05, 0.1) is 17.8 Å². The van der Waals surface area contributed by atoms with Crippen LogP contribution in [0.1, 0.15) is 83.9 Å². The second-order valence-corrected chi connectivity index (χ2v) is 12.5. The predicted molar refractivity (Wildman–Crippen MR) is 183 cm³/mol. The monoisotopic (exact) mass is 644 g/mol. The molecular weight excluding hydrogens is 588 g/mol. The summed E-state index contributed by atoms with van der Waals surface area (Å²) in [6, 6.07) is 12.8. The number of ether oxygens (including phenoxy) is 4. The Hall–Kier alpha value is -3.15. The van der Waals surface area contributed by atoms with E-state index < -0.39 is 0 Å². The molecule has 10 nitrogen and oxygen atoms in total. The third kappa shape index (κ3) is 14.5. The fourth-order valence-electron chi connectivity index (χ4n) is 4.95. The van der Waals surface area contributed by atoms with Crippen LogP contribution >= 0.6 is 0 Å². The van der Waals surface area contributed by atoms with Crippen molar-refractivity contribution in [3.05, 3.63) is 59.2 Å². The highest BCUT2D eigenvalue weighted by molar-refractivity contribution is 5.90. The van der Waals surface area contributed by atoms with Crippen molar-refractivity contribution < 1.29 is 38.4 Å². The Morgan fingerprint density at radius 2 is 1.37 bits per heavy atom. The minimum atomic E-state index is -0.0160. The average Bonchev–Trinajstić information content (AvgIpc) is 3.02. The topological polar surface area (TPSA) is 115 Å². The molecule has 0 atom stereocenters. The average molecular weight is 645 g/mol. The molecule has 2 saturated heterocycles. The Kier molecular flexibility index (Phi) is 19.2. The molecule has 2 aromatic rings. The van der Waals surface area contributed by atoms with Crippen LogP contribution in [0.15, 0.2) is 42.5 Å². The largest absolute Gasteiger partial charge is 0.508 e. The molecule has 0 aromatic heterocycles. The predicted octanol–water partition coefficient (Wildman–Crippen LogP) is 5.70. The van der Waals surface area contributed by atoms with Crippen molar-refractivity contribution in [1.82, 2.24) is 4.90 Å². The lowest BCUT2D eigenvalue weighted by Crippen LogP contribution is -2.59. The number of nitrogens with zero attached hydrogens (tertiary/aromatic N) is 2. The Balaban J connectivity index is 0.000000382. The number of benzene rings is 2. The molecule has 2 aromatic carbocycles. The van der Waals surface area contributed by atoms with E-state index in [1.54, 1.807) is 35.5 Å². The maximum absolute atomic E-state index is 10.8. The molecule has 46 heavy (non-hydrogen) atoms. The SMILES string of the molecule is COC.COC.COC(C)(C)C.O=Cc1ccc(N2CCC3(CC2)CN(C2CCC2)CCO3)cc1.O=Cc1ccc(O)cc1C=O. The fraction of sp³-hybridized carbons (Fsp3) is 0.583. The normalized spacial score (nSPS) is 17.2. The minimum Gasteiger partial charge on any atom is -0.508 e. The van der Waals surface area contributed by atoms with Crippen molar-refractivity contribution in [3.8, 4) is 5.75 Å². The number of aldehydes is 3. The standard InChI is InChI=1S/C19H26N2O2.C8H6O3.C5H12O.2C2H6O/c22-14-16-4-6-18(7-5-16)20-10-8-19(9-11-20)15-21(12-13-23-19)17-2-1-3-17;9-4-6-1-2-8(11)3-7(6)5-10;1-5(2,3)6-4;2*1-3-2/h4-7,14,17H,1-3,8-13,15H2;1-5,11H;1-4H3;2*1-2H3. The molecule has 1 N–H and O–H groups in total. The van der Waals surface area contributed by atoms with E-state index in [4.69, 9.17) is 14.6 Å². The number of methoxy groups -OCH3 is 3. The Bertz CT molecular complexity index is 1140. The highest BCUT2D eigenvalue weighted by Gasteiger charge is 2.42. The van der Waals surface area contributed by atoms with Crippen LogP contribution in [0.2, 0.25) is 0 Å². The van der Waals surface area contributed by atoms with Crippen molar-refractivity contribution in [2.75, 3.05) is 73.2 Å². The highest BCUT2D eigenvalue weighted by atomic mass is 16.5. The van der Waals surface area contributed by atoms with Gasteiger partial charge in [0, 0.05) is 90.1 Å². The molecule has 1 aliphatic carbocycles. The Labute approximate surface area is 276 Å². The second kappa shape index (κ2) is 21.6. The van der Waals surface area contributed by atoms with Crippen molar-refractivity contribution in [3.63, 3.8) is 0 Å². The van der Waals surface area contributed by atoms with Gasteiger partial charge >= 0.3 is 0 Å². The first-order chi connectivity index (χ1) is 21.9. The first-order valence-electron chi connectivity index (χ1n) is 15.7. The van der Waals surface area contributed by atoms with Crippen LogP contribution in [0, 0.1) is 0 Å². The first kappa shape index (κ1) is 40.9. The van der Waals surface area contributed by atoms with E-state index in [2.05, 4.69) is 31.4 Å². The van der Waals surface area contributed by atoms with Gasteiger partial charge in [0.2, 0.25) is 0 Å². The minimum absolute atomic E-state index is 0.0160. The number of hydrogen-bond donors (Lipinski definition) is 1. The summed E-state index contributed by atoms with van der Waals surface area (Å²) in [7, 11) is 8.21. The summed E-state index contributed by atoms with van der Waals surface area (Å²) in [5.41, 5.74) is 2.58. The molecule has 1 spiro atoms. The lowest BCUT2D eigenvalue weighted by molar-refractivity contribution is -0.135. The zero-order valence-corrected chi connectivity index (χ0v) is 29.1. The van der Waals surface area contributed by atoms with Gasteiger partial charge in [0.15, 0.2) is 12.6 Å². The van der Waals surface area contributed by atoms with Crippen LogP contribution in [0.4, 0.5) is 5.69 Å². The summed E-state index contributed by atoms with van der Waals surface area (Å²) >= 11 is 0. The van der Waals surface area contributed by atoms with Crippen molar-refractivity contribution in [2.24, 2.45) is 0 Å². The summed E-state index contributed by atoms with van der Waals surface area (Å²) in [5.74, 6) is -0.0160. The molecule has 3 aliphatic rings. The number of piperidine rings is 1. The van der Waals surface area contributed by atoms with Gasteiger partial charge in [-0.2, -0.15) is 0 Å². The highest BCUT2D eigenvalue weighted by Crippen LogP contribution is 2.35. The molecule has 10 heteroatoms. The third-order valence-corrected chi connectivity index (χ3v) is 7.87. The van der Waals surface area contributed by atoms with Gasteiger partial charge in [0.1, 0.15) is 12.0 Å². The van der Waals surface area contributed by atoms with E-state index >= 15 is 0 Å². The summed E-state index contributed by atoms with van der Waals surface area (Å²) in [4.78, 5) is 36.4. The molecule has 0 unspecified atom stereocenters. The van der Waals surface area contributed by atoms with Crippen molar-refractivity contribution in [1.29, 1.82) is 0 Å². The fourth-order valence-corrected chi connectivity index (χ4v) is 4.95. The molecule has 1 saturated carbocycles. The van der Waals surface area contributed by atoms with Gasteiger partial charge in [0.25, 0.3) is 0 Å². The number of carbonyl (C=O) groups excluding carboxylic acids is 3. The van der Waals surface area contributed by atoms with E-state index in [1.807, 2.05) is 32.9 Å². The van der Waals surface area contributed by atoms with Crippen molar-refractivity contribution >= 4 is 24.5 Å². The van der Waals surface area contributed by atoms with E-state index in [0.29, 0.717) is 12.6 Å². The number of phenols is 1. The molecule has 0 bridgehead atoms. The Morgan fingerprint density at radius 1 is 0.826 bits per heavy atom. The quantitative estimate of drug-likeness (QED) is 0.407. The number of morpholine rings is 1. The zero-order chi connectivity index (χ0) is 34.6. The van der Waals surface area contributed by atoms with E-state index in [9.17, 15) is 14.4 Å². The molecule has 0 radical (unpaired) electrons. The number of carbonyl (C=O) groups is 3. The van der Waals surface area contributed by atoms with E-state index in [-0.39, 0.29) is 28.1 Å². The molecule has 2 aliphatic heterocycles. The summed E-state index contributed by atoms with van der Waals surface area (Å²) in [6.07, 6.45) is 8.37. The maximum Gasteiger partial charge on any atom is 0.150 e. The molecular formula is C36H56N2O8.